The van der Waals surface area contributed by atoms with Crippen LogP contribution in [0.3, 0.4) is 0 Å². The Balaban J connectivity index is 1.28. The number of aromatic nitrogens is 2. The van der Waals surface area contributed by atoms with Gasteiger partial charge in [-0.2, -0.15) is 0 Å². The van der Waals surface area contributed by atoms with Gasteiger partial charge >= 0.3 is 5.69 Å². The molecule has 0 aliphatic carbocycles. The molecule has 168 valence electrons. The highest BCUT2D eigenvalue weighted by Crippen LogP contribution is 2.32. The fourth-order valence-corrected chi connectivity index (χ4v) is 5.20. The summed E-state index contributed by atoms with van der Waals surface area (Å²) in [5.41, 5.74) is 2.87. The quantitative estimate of drug-likeness (QED) is 0.475. The van der Waals surface area contributed by atoms with Crippen molar-refractivity contribution >= 4 is 11.0 Å². The highest BCUT2D eigenvalue weighted by molar-refractivity contribution is 5.78. The zero-order valence-electron chi connectivity index (χ0n) is 18.5. The Kier molecular flexibility index (Phi) is 5.15. The number of rotatable bonds is 4. The lowest BCUT2D eigenvalue weighted by Gasteiger charge is -2.36. The zero-order valence-corrected chi connectivity index (χ0v) is 18.5. The minimum Gasteiger partial charge on any atom is -0.486 e. The van der Waals surface area contributed by atoms with Crippen molar-refractivity contribution in [3.05, 3.63) is 89.3 Å². The van der Waals surface area contributed by atoms with Gasteiger partial charge in [0.15, 0.2) is 11.5 Å². The number of benzene rings is 3. The molecular weight excluding hydrogens is 414 g/mol. The molecule has 6 heteroatoms. The third-order valence-electron chi connectivity index (χ3n) is 6.67. The maximum absolute atomic E-state index is 13.7. The number of fused-ring (bicyclic) bond motifs is 2. The van der Waals surface area contributed by atoms with Gasteiger partial charge in [0, 0.05) is 13.1 Å². The summed E-state index contributed by atoms with van der Waals surface area (Å²) in [4.78, 5) is 16.1. The first-order valence-corrected chi connectivity index (χ1v) is 11.7. The van der Waals surface area contributed by atoms with E-state index in [0.29, 0.717) is 6.61 Å². The maximum atomic E-state index is 13.7. The summed E-state index contributed by atoms with van der Waals surface area (Å²) in [6.07, 6.45) is 2.02. The fourth-order valence-electron chi connectivity index (χ4n) is 5.20. The van der Waals surface area contributed by atoms with Crippen LogP contribution in [0.2, 0.25) is 0 Å². The van der Waals surface area contributed by atoms with Gasteiger partial charge < -0.3 is 9.47 Å². The molecule has 0 spiro atoms. The third-order valence-corrected chi connectivity index (χ3v) is 6.67. The molecule has 0 saturated carbocycles. The van der Waals surface area contributed by atoms with Gasteiger partial charge in [-0.25, -0.2) is 4.79 Å². The van der Waals surface area contributed by atoms with Crippen molar-refractivity contribution < 1.29 is 9.47 Å². The highest BCUT2D eigenvalue weighted by Gasteiger charge is 2.29. The smallest absolute Gasteiger partial charge is 0.334 e. The van der Waals surface area contributed by atoms with E-state index in [0.717, 1.165) is 60.7 Å². The number of hydrogen-bond donors (Lipinski definition) is 0. The van der Waals surface area contributed by atoms with Crippen molar-refractivity contribution in [2.45, 2.75) is 25.0 Å². The first-order chi connectivity index (χ1) is 16.3. The van der Waals surface area contributed by atoms with E-state index in [-0.39, 0.29) is 17.8 Å². The molecule has 1 aromatic heterocycles. The molecule has 3 aromatic carbocycles. The lowest BCUT2D eigenvalue weighted by molar-refractivity contribution is 0.0461. The van der Waals surface area contributed by atoms with E-state index in [1.807, 2.05) is 81.9 Å². The first-order valence-electron chi connectivity index (χ1n) is 11.7. The second-order valence-electron chi connectivity index (χ2n) is 8.87. The number of para-hydroxylation sites is 5. The molecule has 33 heavy (non-hydrogen) atoms. The number of piperidine rings is 1. The molecule has 4 aromatic rings. The number of hydrogen-bond acceptors (Lipinski definition) is 4. The van der Waals surface area contributed by atoms with E-state index < -0.39 is 0 Å². The van der Waals surface area contributed by atoms with Crippen LogP contribution in [0.5, 0.6) is 11.5 Å². The molecule has 0 unspecified atom stereocenters. The van der Waals surface area contributed by atoms with Gasteiger partial charge in [0.2, 0.25) is 0 Å². The molecule has 1 fully saturated rings. The lowest BCUT2D eigenvalue weighted by Crippen LogP contribution is -2.46. The molecule has 2 atom stereocenters. The average molecular weight is 442 g/mol. The minimum absolute atomic E-state index is 0.0129. The molecule has 0 amide bonds. The predicted octanol–water partition coefficient (Wildman–Crippen LogP) is 4.27. The summed E-state index contributed by atoms with van der Waals surface area (Å²) in [5, 5.41) is 0. The predicted molar refractivity (Wildman–Crippen MR) is 129 cm³/mol. The van der Waals surface area contributed by atoms with E-state index in [2.05, 4.69) is 11.0 Å². The van der Waals surface area contributed by atoms with Crippen LogP contribution in [-0.2, 0) is 0 Å². The lowest BCUT2D eigenvalue weighted by atomic mass is 10.0. The summed E-state index contributed by atoms with van der Waals surface area (Å²) < 4.78 is 15.9. The van der Waals surface area contributed by atoms with Gasteiger partial charge in [-0.1, -0.05) is 42.5 Å². The Morgan fingerprint density at radius 2 is 1.58 bits per heavy atom. The topological polar surface area (TPSA) is 48.6 Å². The van der Waals surface area contributed by atoms with Crippen molar-refractivity contribution in [3.8, 4) is 17.2 Å². The summed E-state index contributed by atoms with van der Waals surface area (Å²) in [6.45, 7) is 3.16. The Bertz CT molecular complexity index is 1330. The van der Waals surface area contributed by atoms with Gasteiger partial charge in [-0.3, -0.25) is 14.0 Å². The van der Waals surface area contributed by atoms with Crippen LogP contribution < -0.4 is 15.2 Å². The number of ether oxygens (including phenoxy) is 2. The van der Waals surface area contributed by atoms with Crippen LogP contribution in [0.4, 0.5) is 0 Å². The van der Waals surface area contributed by atoms with Crippen LogP contribution in [0.15, 0.2) is 83.7 Å². The normalized spacial score (nSPS) is 20.7. The standard InChI is InChI=1S/C27H27N3O3/c31-27-29(20-9-2-1-3-10-20)23-12-4-5-13-24(23)30(27)21-11-8-16-28(17-21)18-22-19-32-25-14-6-7-15-26(25)33-22/h1-7,9-10,12-15,21-22H,8,11,16-19H2/t21-,22-/m0/s1. The van der Waals surface area contributed by atoms with Crippen molar-refractivity contribution in [3.63, 3.8) is 0 Å². The van der Waals surface area contributed by atoms with Crippen molar-refractivity contribution in [2.24, 2.45) is 0 Å². The van der Waals surface area contributed by atoms with E-state index in [1.165, 1.54) is 0 Å². The Morgan fingerprint density at radius 1 is 0.848 bits per heavy atom. The first kappa shape index (κ1) is 20.1. The highest BCUT2D eigenvalue weighted by atomic mass is 16.6. The van der Waals surface area contributed by atoms with Crippen molar-refractivity contribution in [2.75, 3.05) is 26.2 Å². The number of imidazole rings is 1. The molecular formula is C27H27N3O3. The molecule has 2 aliphatic heterocycles. The second-order valence-corrected chi connectivity index (χ2v) is 8.87. The largest absolute Gasteiger partial charge is 0.486 e. The van der Waals surface area contributed by atoms with Gasteiger partial charge in [0.25, 0.3) is 0 Å². The molecule has 2 aliphatic rings. The maximum Gasteiger partial charge on any atom is 0.334 e. The van der Waals surface area contributed by atoms with Gasteiger partial charge in [0.05, 0.1) is 22.8 Å². The molecule has 6 nitrogen and oxygen atoms in total. The summed E-state index contributed by atoms with van der Waals surface area (Å²) >= 11 is 0. The molecule has 0 N–H and O–H groups in total. The van der Waals surface area contributed by atoms with Crippen molar-refractivity contribution in [1.82, 2.24) is 14.0 Å². The number of likely N-dealkylation sites (tertiary alicyclic amines) is 1. The average Bonchev–Trinajstić information content (AvgIpc) is 3.16. The third kappa shape index (κ3) is 3.70. The second kappa shape index (κ2) is 8.45. The van der Waals surface area contributed by atoms with Crippen molar-refractivity contribution in [1.29, 1.82) is 0 Å². The summed E-state index contributed by atoms with van der Waals surface area (Å²) in [5.74, 6) is 1.62. The molecule has 0 bridgehead atoms. The van der Waals surface area contributed by atoms with E-state index in [9.17, 15) is 4.79 Å². The van der Waals surface area contributed by atoms with E-state index in [1.54, 1.807) is 0 Å². The van der Waals surface area contributed by atoms with Crippen LogP contribution >= 0.6 is 0 Å². The van der Waals surface area contributed by atoms with Crippen LogP contribution in [0.25, 0.3) is 16.7 Å². The SMILES string of the molecule is O=c1n(-c2ccccc2)c2ccccc2n1[C@H]1CCCN(C[C@H]2COc3ccccc3O2)C1. The molecule has 3 heterocycles. The minimum atomic E-state index is -0.0129. The monoisotopic (exact) mass is 441 g/mol. The van der Waals surface area contributed by atoms with Crippen LogP contribution in [0, 0.1) is 0 Å². The molecule has 1 saturated heterocycles. The van der Waals surface area contributed by atoms with E-state index in [4.69, 9.17) is 9.47 Å². The van der Waals surface area contributed by atoms with Crippen LogP contribution in [0.1, 0.15) is 18.9 Å². The summed E-state index contributed by atoms with van der Waals surface area (Å²) in [6, 6.07) is 26.0. The fraction of sp³-hybridized carbons (Fsp3) is 0.296. The summed E-state index contributed by atoms with van der Waals surface area (Å²) in [7, 11) is 0. The van der Waals surface area contributed by atoms with E-state index >= 15 is 0 Å². The molecule has 0 radical (unpaired) electrons. The van der Waals surface area contributed by atoms with Gasteiger partial charge in [-0.15, -0.1) is 0 Å². The Hall–Kier alpha value is -3.51. The van der Waals surface area contributed by atoms with Gasteiger partial charge in [-0.05, 0) is 55.8 Å². The Labute approximate surface area is 192 Å². The Morgan fingerprint density at radius 3 is 2.42 bits per heavy atom. The van der Waals surface area contributed by atoms with Crippen LogP contribution in [-0.4, -0.2) is 46.4 Å². The zero-order chi connectivity index (χ0) is 22.2. The van der Waals surface area contributed by atoms with Gasteiger partial charge in [0.1, 0.15) is 12.7 Å². The number of nitrogens with zero attached hydrogens (tertiary/aromatic N) is 3. The molecule has 6 rings (SSSR count).